The minimum Gasteiger partial charge on any atom is -0.507 e. The quantitative estimate of drug-likeness (QED) is 0.307. The van der Waals surface area contributed by atoms with Crippen LogP contribution >= 0.6 is 0 Å². The van der Waals surface area contributed by atoms with Crippen molar-refractivity contribution in [3.63, 3.8) is 0 Å². The van der Waals surface area contributed by atoms with Gasteiger partial charge in [-0.05, 0) is 66.1 Å². The van der Waals surface area contributed by atoms with Gasteiger partial charge >= 0.3 is 0 Å². The van der Waals surface area contributed by atoms with Gasteiger partial charge in [0.15, 0.2) is 11.5 Å². The summed E-state index contributed by atoms with van der Waals surface area (Å²) < 4.78 is 16.7. The molecule has 0 aromatic heterocycles. The standard InChI is InChI=1S/C30H28N2O6/c1-17-12-21-14-20(7-11-23(21)38-17)28(33)26-27(19-5-8-22(9-6-19)31(2)3)32(30(35)29(26)34)15-18-4-10-24-25(13-18)37-16-36-24/h4-11,13-14,17,27,33H,12,15-16H2,1-3H3/b28-26-. The zero-order chi connectivity index (χ0) is 26.6. The molecular weight excluding hydrogens is 484 g/mol. The summed E-state index contributed by atoms with van der Waals surface area (Å²) in [6, 6.07) is 17.7. The second-order valence-corrected chi connectivity index (χ2v) is 10.1. The molecule has 38 heavy (non-hydrogen) atoms. The molecule has 0 spiro atoms. The maximum Gasteiger partial charge on any atom is 0.295 e. The number of rotatable bonds is 5. The first-order valence-electron chi connectivity index (χ1n) is 12.5. The lowest BCUT2D eigenvalue weighted by Gasteiger charge is -2.26. The summed E-state index contributed by atoms with van der Waals surface area (Å²) >= 11 is 0. The highest BCUT2D eigenvalue weighted by Crippen LogP contribution is 2.42. The average molecular weight is 513 g/mol. The molecule has 1 fully saturated rings. The van der Waals surface area contributed by atoms with Crippen molar-refractivity contribution in [2.45, 2.75) is 32.0 Å². The number of ether oxygens (including phenoxy) is 3. The first kappa shape index (κ1) is 23.9. The second kappa shape index (κ2) is 9.13. The molecule has 1 amide bonds. The summed E-state index contributed by atoms with van der Waals surface area (Å²) in [5, 5.41) is 11.5. The van der Waals surface area contributed by atoms with Crippen LogP contribution in [0.5, 0.6) is 17.2 Å². The molecule has 3 aliphatic rings. The van der Waals surface area contributed by atoms with E-state index >= 15 is 0 Å². The van der Waals surface area contributed by atoms with Gasteiger partial charge in [-0.3, -0.25) is 9.59 Å². The topological polar surface area (TPSA) is 88.5 Å². The highest BCUT2D eigenvalue weighted by Gasteiger charge is 2.46. The summed E-state index contributed by atoms with van der Waals surface area (Å²) in [6.07, 6.45) is 0.759. The minimum atomic E-state index is -0.764. The molecule has 0 saturated carbocycles. The van der Waals surface area contributed by atoms with E-state index in [1.807, 2.05) is 68.4 Å². The van der Waals surface area contributed by atoms with E-state index in [0.29, 0.717) is 23.5 Å². The van der Waals surface area contributed by atoms with Crippen LogP contribution in [0.3, 0.4) is 0 Å². The van der Waals surface area contributed by atoms with E-state index in [1.54, 1.807) is 18.2 Å². The van der Waals surface area contributed by atoms with Crippen LogP contribution in [0.4, 0.5) is 5.69 Å². The van der Waals surface area contributed by atoms with Crippen molar-refractivity contribution in [2.24, 2.45) is 0 Å². The van der Waals surface area contributed by atoms with Crippen LogP contribution in [0, 0.1) is 0 Å². The third kappa shape index (κ3) is 4.02. The fourth-order valence-corrected chi connectivity index (χ4v) is 5.31. The zero-order valence-corrected chi connectivity index (χ0v) is 21.4. The van der Waals surface area contributed by atoms with Crippen LogP contribution in [-0.4, -0.2) is 48.7 Å². The van der Waals surface area contributed by atoms with Gasteiger partial charge in [0, 0.05) is 38.3 Å². The summed E-state index contributed by atoms with van der Waals surface area (Å²) in [6.45, 7) is 2.29. The maximum atomic E-state index is 13.5. The fourth-order valence-electron chi connectivity index (χ4n) is 5.31. The monoisotopic (exact) mass is 512 g/mol. The van der Waals surface area contributed by atoms with Crippen molar-refractivity contribution in [1.82, 2.24) is 4.90 Å². The minimum absolute atomic E-state index is 0.0462. The predicted molar refractivity (Wildman–Crippen MR) is 141 cm³/mol. The number of carbonyl (C=O) groups is 2. The molecule has 0 aliphatic carbocycles. The van der Waals surface area contributed by atoms with Crippen LogP contribution in [0.1, 0.15) is 35.2 Å². The maximum absolute atomic E-state index is 13.5. The van der Waals surface area contributed by atoms with E-state index in [0.717, 1.165) is 28.1 Å². The molecule has 3 aromatic carbocycles. The number of amides is 1. The number of aliphatic hydroxyl groups excluding tert-OH is 1. The molecule has 194 valence electrons. The Morgan fingerprint density at radius 1 is 0.974 bits per heavy atom. The number of aliphatic hydroxyl groups is 1. The van der Waals surface area contributed by atoms with Gasteiger partial charge in [0.1, 0.15) is 17.6 Å². The van der Waals surface area contributed by atoms with Gasteiger partial charge in [-0.15, -0.1) is 0 Å². The Morgan fingerprint density at radius 3 is 2.47 bits per heavy atom. The number of fused-ring (bicyclic) bond motifs is 2. The van der Waals surface area contributed by atoms with Crippen molar-refractivity contribution >= 4 is 23.1 Å². The van der Waals surface area contributed by atoms with E-state index in [4.69, 9.17) is 14.2 Å². The Labute approximate surface area is 220 Å². The molecule has 1 N–H and O–H groups in total. The molecule has 1 saturated heterocycles. The Balaban J connectivity index is 1.44. The molecule has 2 atom stereocenters. The van der Waals surface area contributed by atoms with Gasteiger partial charge in [0.25, 0.3) is 11.7 Å². The van der Waals surface area contributed by atoms with E-state index < -0.39 is 17.7 Å². The first-order valence-corrected chi connectivity index (χ1v) is 12.5. The highest BCUT2D eigenvalue weighted by molar-refractivity contribution is 6.46. The van der Waals surface area contributed by atoms with Crippen LogP contribution in [-0.2, 0) is 22.6 Å². The van der Waals surface area contributed by atoms with Crippen LogP contribution < -0.4 is 19.1 Å². The number of Topliss-reactive ketones (excluding diaryl/α,β-unsaturated/α-hetero) is 1. The largest absolute Gasteiger partial charge is 0.507 e. The van der Waals surface area contributed by atoms with E-state index in [9.17, 15) is 14.7 Å². The van der Waals surface area contributed by atoms with Crippen molar-refractivity contribution in [3.8, 4) is 17.2 Å². The average Bonchev–Trinajstić information content (AvgIpc) is 3.59. The molecular formula is C30H28N2O6. The second-order valence-electron chi connectivity index (χ2n) is 10.1. The summed E-state index contributed by atoms with van der Waals surface area (Å²) in [5.74, 6) is 0.440. The fraction of sp³-hybridized carbons (Fsp3) is 0.267. The number of hydrogen-bond donors (Lipinski definition) is 1. The third-order valence-electron chi connectivity index (χ3n) is 7.22. The van der Waals surface area contributed by atoms with Crippen LogP contribution in [0.15, 0.2) is 66.2 Å². The van der Waals surface area contributed by atoms with Gasteiger partial charge in [0.05, 0.1) is 11.6 Å². The molecule has 8 nitrogen and oxygen atoms in total. The van der Waals surface area contributed by atoms with Gasteiger partial charge in [-0.1, -0.05) is 18.2 Å². The summed E-state index contributed by atoms with van der Waals surface area (Å²) in [4.78, 5) is 30.4. The molecule has 2 unspecified atom stereocenters. The number of nitrogens with zero attached hydrogens (tertiary/aromatic N) is 2. The first-order chi connectivity index (χ1) is 18.3. The number of hydrogen-bond acceptors (Lipinski definition) is 7. The molecule has 6 rings (SSSR count). The van der Waals surface area contributed by atoms with Gasteiger partial charge in [0.2, 0.25) is 6.79 Å². The lowest BCUT2D eigenvalue weighted by Crippen LogP contribution is -2.29. The number of benzene rings is 3. The van der Waals surface area contributed by atoms with Crippen molar-refractivity contribution < 1.29 is 28.9 Å². The SMILES string of the molecule is CC1Cc2cc(/C(O)=C3/C(=O)C(=O)N(Cc4ccc5c(c4)OCO5)C3c3ccc(N(C)C)cc3)ccc2O1. The smallest absolute Gasteiger partial charge is 0.295 e. The molecule has 3 aromatic rings. The van der Waals surface area contributed by atoms with E-state index in [1.165, 1.54) is 4.90 Å². The Kier molecular flexibility index (Phi) is 5.75. The van der Waals surface area contributed by atoms with Crippen molar-refractivity contribution in [3.05, 3.63) is 88.5 Å². The lowest BCUT2D eigenvalue weighted by atomic mass is 9.94. The van der Waals surface area contributed by atoms with Crippen LogP contribution in [0.2, 0.25) is 0 Å². The molecule has 8 heteroatoms. The van der Waals surface area contributed by atoms with Crippen molar-refractivity contribution in [1.29, 1.82) is 0 Å². The van der Waals surface area contributed by atoms with Gasteiger partial charge in [-0.2, -0.15) is 0 Å². The van der Waals surface area contributed by atoms with Gasteiger partial charge < -0.3 is 29.1 Å². The summed E-state index contributed by atoms with van der Waals surface area (Å²) in [7, 11) is 3.89. The summed E-state index contributed by atoms with van der Waals surface area (Å²) in [5.41, 5.74) is 4.01. The lowest BCUT2D eigenvalue weighted by molar-refractivity contribution is -0.140. The number of anilines is 1. The number of ketones is 1. The van der Waals surface area contributed by atoms with Crippen LogP contribution in [0.25, 0.3) is 5.76 Å². The number of carbonyl (C=O) groups excluding carboxylic acids is 2. The molecule has 3 aliphatic heterocycles. The van der Waals surface area contributed by atoms with Gasteiger partial charge in [-0.25, -0.2) is 0 Å². The third-order valence-corrected chi connectivity index (χ3v) is 7.22. The van der Waals surface area contributed by atoms with Crippen molar-refractivity contribution in [2.75, 3.05) is 25.8 Å². The Morgan fingerprint density at radius 2 is 1.71 bits per heavy atom. The molecule has 0 radical (unpaired) electrons. The predicted octanol–water partition coefficient (Wildman–Crippen LogP) is 4.43. The molecule has 3 heterocycles. The number of likely N-dealkylation sites (tertiary alicyclic amines) is 1. The Hall–Kier alpha value is -4.46. The van der Waals surface area contributed by atoms with E-state index in [-0.39, 0.29) is 30.8 Å². The normalized spacial score (nSPS) is 21.0. The molecule has 0 bridgehead atoms. The van der Waals surface area contributed by atoms with E-state index in [2.05, 4.69) is 0 Å². The highest BCUT2D eigenvalue weighted by atomic mass is 16.7. The zero-order valence-electron chi connectivity index (χ0n) is 21.4. The Bertz CT molecular complexity index is 1480.